The van der Waals surface area contributed by atoms with E-state index in [0.29, 0.717) is 19.8 Å². The number of hydrogen-bond acceptors (Lipinski definition) is 4. The predicted molar refractivity (Wildman–Crippen MR) is 63.0 cm³/mol. The van der Waals surface area contributed by atoms with Crippen LogP contribution in [0.2, 0.25) is 0 Å². The summed E-state index contributed by atoms with van der Waals surface area (Å²) in [6.45, 7) is 7.29. The van der Waals surface area contributed by atoms with Crippen molar-refractivity contribution in [2.75, 3.05) is 26.9 Å². The van der Waals surface area contributed by atoms with Gasteiger partial charge in [0.2, 0.25) is 0 Å². The summed E-state index contributed by atoms with van der Waals surface area (Å²) in [5.41, 5.74) is 0. The Labute approximate surface area is 98.4 Å². The van der Waals surface area contributed by atoms with E-state index in [-0.39, 0.29) is 0 Å². The number of ether oxygens (including phenoxy) is 2. The highest BCUT2D eigenvalue weighted by atomic mass is 17.2. The van der Waals surface area contributed by atoms with E-state index in [2.05, 4.69) is 19.1 Å². The van der Waals surface area contributed by atoms with Gasteiger partial charge in [0.15, 0.2) is 5.79 Å². The molecule has 0 bridgehead atoms. The van der Waals surface area contributed by atoms with E-state index in [9.17, 15) is 0 Å². The Morgan fingerprint density at radius 3 is 2.44 bits per heavy atom. The number of methoxy groups -OCH3 is 1. The van der Waals surface area contributed by atoms with Crippen molar-refractivity contribution in [2.45, 2.75) is 39.4 Å². The van der Waals surface area contributed by atoms with Gasteiger partial charge < -0.3 is 9.47 Å². The molecule has 4 heteroatoms. The summed E-state index contributed by atoms with van der Waals surface area (Å²) in [6.07, 6.45) is 6.07. The van der Waals surface area contributed by atoms with Crippen LogP contribution in [0, 0.1) is 0 Å². The van der Waals surface area contributed by atoms with Crippen LogP contribution < -0.4 is 0 Å². The fourth-order valence-corrected chi connectivity index (χ4v) is 0.979. The van der Waals surface area contributed by atoms with Crippen molar-refractivity contribution >= 4 is 0 Å². The fraction of sp³-hybridized carbons (Fsp3) is 0.833. The zero-order valence-corrected chi connectivity index (χ0v) is 10.8. The molecule has 0 heterocycles. The van der Waals surface area contributed by atoms with Gasteiger partial charge in [-0.3, -0.25) is 0 Å². The first-order valence-corrected chi connectivity index (χ1v) is 5.71. The van der Waals surface area contributed by atoms with E-state index >= 15 is 0 Å². The summed E-state index contributed by atoms with van der Waals surface area (Å²) in [5, 5.41) is 0. The molecule has 0 fully saturated rings. The molecule has 0 aromatic heterocycles. The highest BCUT2D eigenvalue weighted by molar-refractivity contribution is 4.79. The molecule has 0 atom stereocenters. The highest BCUT2D eigenvalue weighted by Crippen LogP contribution is 2.11. The minimum absolute atomic E-state index is 0.489. The van der Waals surface area contributed by atoms with Gasteiger partial charge in [-0.1, -0.05) is 19.1 Å². The van der Waals surface area contributed by atoms with Crippen molar-refractivity contribution in [2.24, 2.45) is 0 Å². The zero-order chi connectivity index (χ0) is 12.3. The molecule has 0 unspecified atom stereocenters. The molecule has 0 rings (SSSR count). The second kappa shape index (κ2) is 9.78. The number of hydrogen-bond donors (Lipinski definition) is 0. The van der Waals surface area contributed by atoms with E-state index in [1.807, 2.05) is 13.8 Å². The molecule has 0 aliphatic carbocycles. The smallest absolute Gasteiger partial charge is 0.195 e. The lowest BCUT2D eigenvalue weighted by Gasteiger charge is -2.23. The first-order chi connectivity index (χ1) is 7.62. The van der Waals surface area contributed by atoms with E-state index < -0.39 is 5.79 Å². The summed E-state index contributed by atoms with van der Waals surface area (Å²) in [4.78, 5) is 10.2. The molecule has 0 aromatic rings. The minimum Gasteiger partial charge on any atom is -0.382 e. The molecular weight excluding hydrogens is 208 g/mol. The fourth-order valence-electron chi connectivity index (χ4n) is 0.979. The first kappa shape index (κ1) is 15.6. The van der Waals surface area contributed by atoms with Crippen LogP contribution in [0.15, 0.2) is 12.2 Å². The molecular formula is C12H24O4. The van der Waals surface area contributed by atoms with Crippen LogP contribution in [0.5, 0.6) is 0 Å². The zero-order valence-electron chi connectivity index (χ0n) is 10.8. The van der Waals surface area contributed by atoms with Gasteiger partial charge in [-0.25, -0.2) is 9.78 Å². The van der Waals surface area contributed by atoms with Gasteiger partial charge >= 0.3 is 0 Å². The van der Waals surface area contributed by atoms with Gasteiger partial charge in [0.1, 0.15) is 0 Å². The van der Waals surface area contributed by atoms with Crippen LogP contribution in [0.3, 0.4) is 0 Å². The molecule has 96 valence electrons. The maximum atomic E-state index is 5.41. The molecule has 4 nitrogen and oxygen atoms in total. The van der Waals surface area contributed by atoms with Gasteiger partial charge in [0.05, 0.1) is 19.8 Å². The Bertz CT molecular complexity index is 178. The van der Waals surface area contributed by atoms with Crippen LogP contribution in [-0.2, 0) is 19.2 Å². The Balaban J connectivity index is 3.45. The van der Waals surface area contributed by atoms with Gasteiger partial charge in [-0.2, -0.15) is 0 Å². The molecule has 0 amide bonds. The van der Waals surface area contributed by atoms with Gasteiger partial charge in [-0.05, 0) is 26.7 Å². The lowest BCUT2D eigenvalue weighted by Crippen LogP contribution is -2.30. The van der Waals surface area contributed by atoms with E-state index in [0.717, 1.165) is 12.8 Å². The van der Waals surface area contributed by atoms with E-state index in [4.69, 9.17) is 19.2 Å². The topological polar surface area (TPSA) is 36.9 Å². The lowest BCUT2D eigenvalue weighted by atomic mass is 10.3. The molecule has 0 N–H and O–H groups in total. The maximum Gasteiger partial charge on any atom is 0.195 e. The summed E-state index contributed by atoms with van der Waals surface area (Å²) < 4.78 is 10.3. The third-order valence-corrected chi connectivity index (χ3v) is 1.77. The van der Waals surface area contributed by atoms with Crippen molar-refractivity contribution in [3.05, 3.63) is 12.2 Å². The Morgan fingerprint density at radius 1 is 1.06 bits per heavy atom. The van der Waals surface area contributed by atoms with Crippen molar-refractivity contribution in [3.63, 3.8) is 0 Å². The van der Waals surface area contributed by atoms with Crippen molar-refractivity contribution in [1.82, 2.24) is 0 Å². The molecule has 0 radical (unpaired) electrons. The van der Waals surface area contributed by atoms with Crippen molar-refractivity contribution < 1.29 is 19.2 Å². The Morgan fingerprint density at radius 2 is 1.81 bits per heavy atom. The second-order valence-corrected chi connectivity index (χ2v) is 3.81. The van der Waals surface area contributed by atoms with Crippen molar-refractivity contribution in [3.8, 4) is 0 Å². The van der Waals surface area contributed by atoms with Crippen LogP contribution >= 0.6 is 0 Å². The summed E-state index contributed by atoms with van der Waals surface area (Å²) in [5.74, 6) is -0.729. The summed E-state index contributed by atoms with van der Waals surface area (Å²) >= 11 is 0. The van der Waals surface area contributed by atoms with E-state index in [1.54, 1.807) is 7.11 Å². The average Bonchev–Trinajstić information content (AvgIpc) is 2.23. The molecule has 0 aliphatic heterocycles. The van der Waals surface area contributed by atoms with E-state index in [1.165, 1.54) is 0 Å². The SMILES string of the molecule is CC/C=C/CCOOC(C)(C)OCCOC. The van der Waals surface area contributed by atoms with Gasteiger partial charge in [-0.15, -0.1) is 0 Å². The van der Waals surface area contributed by atoms with Crippen LogP contribution in [-0.4, -0.2) is 32.7 Å². The molecule has 0 aromatic carbocycles. The summed E-state index contributed by atoms with van der Waals surface area (Å²) in [6, 6.07) is 0. The normalized spacial score (nSPS) is 12.5. The third-order valence-electron chi connectivity index (χ3n) is 1.77. The largest absolute Gasteiger partial charge is 0.382 e. The van der Waals surface area contributed by atoms with Crippen LogP contribution in [0.1, 0.15) is 33.6 Å². The number of rotatable bonds is 10. The third kappa shape index (κ3) is 10.1. The average molecular weight is 232 g/mol. The van der Waals surface area contributed by atoms with Crippen LogP contribution in [0.25, 0.3) is 0 Å². The Hall–Kier alpha value is -0.420. The van der Waals surface area contributed by atoms with Gasteiger partial charge in [0, 0.05) is 7.11 Å². The predicted octanol–water partition coefficient (Wildman–Crippen LogP) is 2.69. The standard InChI is InChI=1S/C12H24O4/c1-5-6-7-8-9-15-16-12(2,3)14-11-10-13-4/h6-7H,5,8-11H2,1-4H3/b7-6+. The molecule has 16 heavy (non-hydrogen) atoms. The molecule has 0 saturated carbocycles. The van der Waals surface area contributed by atoms with Gasteiger partial charge in [0.25, 0.3) is 0 Å². The second-order valence-electron chi connectivity index (χ2n) is 3.81. The maximum absolute atomic E-state index is 5.41. The quantitative estimate of drug-likeness (QED) is 0.191. The van der Waals surface area contributed by atoms with Crippen molar-refractivity contribution in [1.29, 1.82) is 0 Å². The summed E-state index contributed by atoms with van der Waals surface area (Å²) in [7, 11) is 1.63. The Kier molecular flexibility index (Phi) is 9.52. The minimum atomic E-state index is -0.729. The lowest BCUT2D eigenvalue weighted by molar-refractivity contribution is -0.417. The molecule has 0 spiro atoms. The monoisotopic (exact) mass is 232 g/mol. The highest BCUT2D eigenvalue weighted by Gasteiger charge is 2.19. The van der Waals surface area contributed by atoms with Crippen LogP contribution in [0.4, 0.5) is 0 Å². The first-order valence-electron chi connectivity index (χ1n) is 5.71. The molecule has 0 aliphatic rings. The molecule has 0 saturated heterocycles. The number of allylic oxidation sites excluding steroid dienone is 1.